The lowest BCUT2D eigenvalue weighted by Crippen LogP contribution is -2.35. The van der Waals surface area contributed by atoms with Crippen molar-refractivity contribution in [2.45, 2.75) is 31.1 Å². The van der Waals surface area contributed by atoms with Crippen LogP contribution in [0.4, 0.5) is 0 Å². The number of rotatable bonds is 2. The third kappa shape index (κ3) is 2.13. The Balaban J connectivity index is 2.05. The minimum atomic E-state index is -3.37. The quantitative estimate of drug-likeness (QED) is 0.851. The molecule has 1 saturated heterocycles. The summed E-state index contributed by atoms with van der Waals surface area (Å²) < 4.78 is 28.8. The van der Waals surface area contributed by atoms with Crippen molar-refractivity contribution in [3.05, 3.63) is 24.0 Å². The standard InChI is InChI=1S/C14H19N3O2S/c1-11-15-13-10-12(6-7-14(13)16(11)2)20(18,19)17-8-4-3-5-9-17/h6-7,10H,3-5,8-9H2,1-2H3. The van der Waals surface area contributed by atoms with Crippen LogP contribution in [0, 0.1) is 6.92 Å². The summed E-state index contributed by atoms with van der Waals surface area (Å²) in [6.07, 6.45) is 3.01. The molecule has 2 heterocycles. The van der Waals surface area contributed by atoms with E-state index in [1.165, 1.54) is 0 Å². The van der Waals surface area contributed by atoms with Crippen LogP contribution in [0.5, 0.6) is 0 Å². The van der Waals surface area contributed by atoms with E-state index in [0.717, 1.165) is 36.1 Å². The maximum absolute atomic E-state index is 12.6. The molecular weight excluding hydrogens is 274 g/mol. The maximum atomic E-state index is 12.6. The minimum Gasteiger partial charge on any atom is -0.331 e. The van der Waals surface area contributed by atoms with Gasteiger partial charge in [0, 0.05) is 20.1 Å². The topological polar surface area (TPSA) is 55.2 Å². The average Bonchev–Trinajstić information content (AvgIpc) is 2.74. The highest BCUT2D eigenvalue weighted by atomic mass is 32.2. The fourth-order valence-corrected chi connectivity index (χ4v) is 4.25. The first-order chi connectivity index (χ1) is 9.50. The zero-order valence-corrected chi connectivity index (χ0v) is 12.7. The first-order valence-corrected chi connectivity index (χ1v) is 8.37. The van der Waals surface area contributed by atoms with Gasteiger partial charge in [0.25, 0.3) is 0 Å². The molecule has 1 aliphatic heterocycles. The van der Waals surface area contributed by atoms with Crippen molar-refractivity contribution >= 4 is 21.1 Å². The molecular formula is C14H19N3O2S. The van der Waals surface area contributed by atoms with Crippen molar-refractivity contribution in [1.82, 2.24) is 13.9 Å². The van der Waals surface area contributed by atoms with Crippen molar-refractivity contribution in [2.75, 3.05) is 13.1 Å². The zero-order chi connectivity index (χ0) is 14.3. The number of hydrogen-bond acceptors (Lipinski definition) is 3. The second-order valence-corrected chi connectivity index (χ2v) is 7.27. The number of sulfonamides is 1. The van der Waals surface area contributed by atoms with Crippen LogP contribution < -0.4 is 0 Å². The molecule has 108 valence electrons. The number of nitrogens with zero attached hydrogens (tertiary/aromatic N) is 3. The van der Waals surface area contributed by atoms with E-state index < -0.39 is 10.0 Å². The summed E-state index contributed by atoms with van der Waals surface area (Å²) in [6, 6.07) is 5.21. The van der Waals surface area contributed by atoms with Gasteiger partial charge in [-0.1, -0.05) is 6.42 Å². The lowest BCUT2D eigenvalue weighted by molar-refractivity contribution is 0.346. The van der Waals surface area contributed by atoms with Crippen LogP contribution in [0.3, 0.4) is 0 Å². The number of piperidine rings is 1. The molecule has 0 N–H and O–H groups in total. The van der Waals surface area contributed by atoms with Gasteiger partial charge in [0.05, 0.1) is 15.9 Å². The lowest BCUT2D eigenvalue weighted by Gasteiger charge is -2.25. The second-order valence-electron chi connectivity index (χ2n) is 5.33. The number of fused-ring (bicyclic) bond motifs is 1. The molecule has 0 amide bonds. The summed E-state index contributed by atoms with van der Waals surface area (Å²) in [5, 5.41) is 0. The number of hydrogen-bond donors (Lipinski definition) is 0. The highest BCUT2D eigenvalue weighted by Gasteiger charge is 2.26. The van der Waals surface area contributed by atoms with E-state index in [1.807, 2.05) is 24.6 Å². The Morgan fingerprint density at radius 2 is 1.85 bits per heavy atom. The van der Waals surface area contributed by atoms with E-state index in [1.54, 1.807) is 16.4 Å². The van der Waals surface area contributed by atoms with Gasteiger partial charge in [-0.3, -0.25) is 0 Å². The summed E-state index contributed by atoms with van der Waals surface area (Å²) in [6.45, 7) is 3.17. The molecule has 1 aromatic heterocycles. The highest BCUT2D eigenvalue weighted by molar-refractivity contribution is 7.89. The summed E-state index contributed by atoms with van der Waals surface area (Å²) >= 11 is 0. The molecule has 1 aliphatic rings. The van der Waals surface area contributed by atoms with Gasteiger partial charge in [-0.25, -0.2) is 13.4 Å². The van der Waals surface area contributed by atoms with E-state index >= 15 is 0 Å². The van der Waals surface area contributed by atoms with Gasteiger partial charge >= 0.3 is 0 Å². The van der Waals surface area contributed by atoms with Crippen LogP contribution in [0.15, 0.2) is 23.1 Å². The van der Waals surface area contributed by atoms with Crippen LogP contribution in [-0.2, 0) is 17.1 Å². The molecule has 3 rings (SSSR count). The van der Waals surface area contributed by atoms with Gasteiger partial charge in [0.1, 0.15) is 5.82 Å². The second kappa shape index (κ2) is 4.86. The molecule has 0 bridgehead atoms. The van der Waals surface area contributed by atoms with Crippen molar-refractivity contribution < 1.29 is 8.42 Å². The van der Waals surface area contributed by atoms with E-state index in [0.29, 0.717) is 18.0 Å². The summed E-state index contributed by atoms with van der Waals surface area (Å²) in [4.78, 5) is 4.76. The Morgan fingerprint density at radius 3 is 2.55 bits per heavy atom. The molecule has 0 radical (unpaired) electrons. The van der Waals surface area contributed by atoms with Crippen molar-refractivity contribution in [2.24, 2.45) is 7.05 Å². The predicted molar refractivity (Wildman–Crippen MR) is 78.1 cm³/mol. The van der Waals surface area contributed by atoms with Crippen LogP contribution >= 0.6 is 0 Å². The first-order valence-electron chi connectivity index (χ1n) is 6.93. The predicted octanol–water partition coefficient (Wildman–Crippen LogP) is 2.06. The summed E-state index contributed by atoms with van der Waals surface area (Å²) in [5.74, 6) is 0.882. The monoisotopic (exact) mass is 293 g/mol. The van der Waals surface area contributed by atoms with Crippen LogP contribution in [-0.4, -0.2) is 35.4 Å². The molecule has 5 nitrogen and oxygen atoms in total. The van der Waals surface area contributed by atoms with Crippen molar-refractivity contribution in [3.8, 4) is 0 Å². The Morgan fingerprint density at radius 1 is 1.15 bits per heavy atom. The smallest absolute Gasteiger partial charge is 0.243 e. The third-order valence-electron chi connectivity index (χ3n) is 4.03. The summed E-state index contributed by atoms with van der Waals surface area (Å²) in [5.41, 5.74) is 1.70. The number of imidazole rings is 1. The molecule has 1 fully saturated rings. The van der Waals surface area contributed by atoms with Gasteiger partial charge in [-0.15, -0.1) is 0 Å². The van der Waals surface area contributed by atoms with Gasteiger partial charge < -0.3 is 4.57 Å². The maximum Gasteiger partial charge on any atom is 0.243 e. The number of aryl methyl sites for hydroxylation is 2. The van der Waals surface area contributed by atoms with E-state index in [9.17, 15) is 8.42 Å². The number of aromatic nitrogens is 2. The van der Waals surface area contributed by atoms with E-state index in [-0.39, 0.29) is 0 Å². The Hall–Kier alpha value is -1.40. The van der Waals surface area contributed by atoms with E-state index in [4.69, 9.17) is 0 Å². The SMILES string of the molecule is Cc1nc2cc(S(=O)(=O)N3CCCCC3)ccc2n1C. The van der Waals surface area contributed by atoms with Crippen molar-refractivity contribution in [1.29, 1.82) is 0 Å². The fourth-order valence-electron chi connectivity index (χ4n) is 2.71. The molecule has 2 aromatic rings. The van der Waals surface area contributed by atoms with Crippen molar-refractivity contribution in [3.63, 3.8) is 0 Å². The average molecular weight is 293 g/mol. The van der Waals surface area contributed by atoms with Crippen LogP contribution in [0.2, 0.25) is 0 Å². The molecule has 0 unspecified atom stereocenters. The zero-order valence-electron chi connectivity index (χ0n) is 11.8. The van der Waals surface area contributed by atoms with E-state index in [2.05, 4.69) is 4.98 Å². The molecule has 6 heteroatoms. The minimum absolute atomic E-state index is 0.352. The van der Waals surface area contributed by atoms with Gasteiger partial charge in [0.2, 0.25) is 10.0 Å². The first kappa shape index (κ1) is 13.6. The van der Waals surface area contributed by atoms with Crippen LogP contribution in [0.1, 0.15) is 25.1 Å². The van der Waals surface area contributed by atoms with Gasteiger partial charge in [-0.2, -0.15) is 4.31 Å². The van der Waals surface area contributed by atoms with Gasteiger partial charge in [0.15, 0.2) is 0 Å². The molecule has 0 saturated carbocycles. The fraction of sp³-hybridized carbons (Fsp3) is 0.500. The Kier molecular flexibility index (Phi) is 3.30. The van der Waals surface area contributed by atoms with Crippen LogP contribution in [0.25, 0.3) is 11.0 Å². The molecule has 0 spiro atoms. The molecule has 0 aliphatic carbocycles. The highest BCUT2D eigenvalue weighted by Crippen LogP contribution is 2.24. The number of benzene rings is 1. The van der Waals surface area contributed by atoms with Gasteiger partial charge in [-0.05, 0) is 38.0 Å². The molecule has 1 aromatic carbocycles. The summed E-state index contributed by atoms with van der Waals surface area (Å²) in [7, 11) is -1.44. The molecule has 0 atom stereocenters. The molecule has 20 heavy (non-hydrogen) atoms. The largest absolute Gasteiger partial charge is 0.331 e. The Bertz CT molecular complexity index is 743. The normalized spacial score (nSPS) is 17.7. The Labute approximate surface area is 119 Å². The lowest BCUT2D eigenvalue weighted by atomic mass is 10.2. The third-order valence-corrected chi connectivity index (χ3v) is 5.92.